The van der Waals surface area contributed by atoms with Gasteiger partial charge >= 0.3 is 11.8 Å². The van der Waals surface area contributed by atoms with Gasteiger partial charge in [0.15, 0.2) is 22.4 Å². The number of nitrogens with zero attached hydrogens (tertiary/aromatic N) is 2. The number of hydrogen-bond donors (Lipinski definition) is 5. The summed E-state index contributed by atoms with van der Waals surface area (Å²) in [5.41, 5.74) is -1.33. The number of aliphatic hydroxyl groups is 3. The van der Waals surface area contributed by atoms with Crippen molar-refractivity contribution in [1.82, 2.24) is 4.98 Å². The van der Waals surface area contributed by atoms with E-state index in [9.17, 15) is 39.6 Å². The zero-order valence-electron chi connectivity index (χ0n) is 36.1. The van der Waals surface area contributed by atoms with Crippen molar-refractivity contribution < 1.29 is 53.4 Å². The van der Waals surface area contributed by atoms with E-state index < -0.39 is 88.1 Å². The minimum absolute atomic E-state index is 0.0411. The number of anilines is 2. The number of phenols is 1. The molecule has 3 aliphatic heterocycles. The first-order valence-electron chi connectivity index (χ1n) is 20.7. The van der Waals surface area contributed by atoms with E-state index in [2.05, 4.69) is 5.32 Å². The Bertz CT molecular complexity index is 2760. The number of carbonyl (C=O) groups excluding carboxylic acids is 2. The Hall–Kier alpha value is -5.97. The second-order valence-electron chi connectivity index (χ2n) is 16.9. The maximum absolute atomic E-state index is 14.7. The van der Waals surface area contributed by atoms with Crippen LogP contribution in [0.4, 0.5) is 11.4 Å². The van der Waals surface area contributed by atoms with Crippen molar-refractivity contribution in [3.8, 4) is 11.5 Å². The zero-order chi connectivity index (χ0) is 45.1. The molecule has 0 radical (unpaired) electrons. The molecule has 9 atom stereocenters. The summed E-state index contributed by atoms with van der Waals surface area (Å²) in [6, 6.07) is 3.08. The van der Waals surface area contributed by atoms with Crippen molar-refractivity contribution in [2.45, 2.75) is 92.0 Å². The first kappa shape index (κ1) is 44.1. The van der Waals surface area contributed by atoms with Crippen LogP contribution in [0.25, 0.3) is 38.7 Å². The lowest BCUT2D eigenvalue weighted by Gasteiger charge is -2.38. The van der Waals surface area contributed by atoms with Crippen molar-refractivity contribution in [3.63, 3.8) is 0 Å². The number of carbonyl (C=O) groups is 2. The number of nitrogens with one attached hydrogen (secondary N) is 1. The second kappa shape index (κ2) is 16.7. The number of aliphatic hydroxyl groups excluding tert-OH is 3. The number of benzene rings is 3. The van der Waals surface area contributed by atoms with Crippen molar-refractivity contribution >= 4 is 62.0 Å². The summed E-state index contributed by atoms with van der Waals surface area (Å²) >= 11 is 0. The molecule has 0 unspecified atom stereocenters. The lowest BCUT2D eigenvalue weighted by atomic mass is 9.78. The minimum atomic E-state index is -1.97. The van der Waals surface area contributed by atoms with Gasteiger partial charge in [-0.25, -0.2) is 4.98 Å². The molecule has 4 bridgehead atoms. The SMILES string of the molecule is CO[C@H]1/C=C/O[C@@]2(C)Oc3c(C)c(O)c4c(=O)c(c5oc6cc(N7CCC7)cc(=O)c6nc5c4c3=C2O)NC(=O)/C(C)=C\C=C\[C@H](C)[C@H](O)[C@@H](C)[C@@H](O)[C@@H](C)[C@H](OC(C)=O)[C@@H]1C. The maximum Gasteiger partial charge on any atom is 0.307 e. The predicted octanol–water partition coefficient (Wildman–Crippen LogP) is 4.77. The Morgan fingerprint density at radius 2 is 1.68 bits per heavy atom. The number of hydrogen-bond acceptors (Lipinski definition) is 15. The quantitative estimate of drug-likeness (QED) is 0.106. The molecular formula is C46H53N3O13. The highest BCUT2D eigenvalue weighted by atomic mass is 16.7. The van der Waals surface area contributed by atoms with Gasteiger partial charge in [-0.1, -0.05) is 45.9 Å². The van der Waals surface area contributed by atoms with Crippen LogP contribution >= 0.6 is 0 Å². The molecule has 1 saturated heterocycles. The summed E-state index contributed by atoms with van der Waals surface area (Å²) in [7, 11) is 1.44. The van der Waals surface area contributed by atoms with Gasteiger partial charge in [0, 0.05) is 92.1 Å². The molecule has 3 aliphatic rings. The number of fused-ring (bicyclic) bond motifs is 2. The van der Waals surface area contributed by atoms with Crippen LogP contribution in [-0.2, 0) is 23.8 Å². The van der Waals surface area contributed by atoms with E-state index in [1.54, 1.807) is 45.9 Å². The number of methoxy groups -OCH3 is 1. The summed E-state index contributed by atoms with van der Waals surface area (Å²) < 4.78 is 30.3. The molecule has 0 spiro atoms. The van der Waals surface area contributed by atoms with Gasteiger partial charge in [-0.05, 0) is 26.3 Å². The monoisotopic (exact) mass is 855 g/mol. The van der Waals surface area contributed by atoms with E-state index in [0.29, 0.717) is 5.69 Å². The van der Waals surface area contributed by atoms with E-state index in [4.69, 9.17) is 28.3 Å². The number of ether oxygens (including phenoxy) is 4. The van der Waals surface area contributed by atoms with Crippen LogP contribution < -0.4 is 31.0 Å². The molecule has 5 N–H and O–H groups in total. The highest BCUT2D eigenvalue weighted by Crippen LogP contribution is 2.42. The molecule has 330 valence electrons. The lowest BCUT2D eigenvalue weighted by Crippen LogP contribution is -2.46. The van der Waals surface area contributed by atoms with Crippen LogP contribution in [0.2, 0.25) is 0 Å². The second-order valence-corrected chi connectivity index (χ2v) is 16.9. The highest BCUT2D eigenvalue weighted by Gasteiger charge is 2.44. The third kappa shape index (κ3) is 7.53. The summed E-state index contributed by atoms with van der Waals surface area (Å²) in [5.74, 6) is -6.89. The summed E-state index contributed by atoms with van der Waals surface area (Å²) in [5, 5.41) is 48.9. The van der Waals surface area contributed by atoms with Gasteiger partial charge < -0.3 is 54.0 Å². The van der Waals surface area contributed by atoms with Gasteiger partial charge in [0.05, 0.1) is 35.2 Å². The number of allylic oxidation sites excluding steroid dienone is 2. The average molecular weight is 856 g/mol. The van der Waals surface area contributed by atoms with Crippen LogP contribution in [0.15, 0.2) is 62.3 Å². The van der Waals surface area contributed by atoms with Gasteiger partial charge in [0.1, 0.15) is 28.8 Å². The highest BCUT2D eigenvalue weighted by molar-refractivity contribution is 6.16. The lowest BCUT2D eigenvalue weighted by molar-refractivity contribution is -0.160. The minimum Gasteiger partial charge on any atom is -0.507 e. The molecule has 16 nitrogen and oxygen atoms in total. The van der Waals surface area contributed by atoms with Gasteiger partial charge in [0.2, 0.25) is 10.9 Å². The molecule has 7 rings (SSSR count). The number of phenolic OH excluding ortho intramolecular Hbond substituents is 1. The molecule has 4 aromatic rings. The molecule has 1 aromatic heterocycles. The van der Waals surface area contributed by atoms with E-state index in [1.807, 2.05) is 4.90 Å². The summed E-state index contributed by atoms with van der Waals surface area (Å²) in [6.45, 7) is 14.0. The number of aromatic hydroxyl groups is 1. The predicted molar refractivity (Wildman–Crippen MR) is 232 cm³/mol. The Balaban J connectivity index is 1.49. The molecular weight excluding hydrogens is 803 g/mol. The zero-order valence-corrected chi connectivity index (χ0v) is 36.1. The summed E-state index contributed by atoms with van der Waals surface area (Å²) in [6.07, 6.45) is 4.51. The molecule has 3 aromatic carbocycles. The number of esters is 1. The summed E-state index contributed by atoms with van der Waals surface area (Å²) in [4.78, 5) is 61.3. The van der Waals surface area contributed by atoms with E-state index in [-0.39, 0.29) is 60.8 Å². The maximum atomic E-state index is 14.7. The van der Waals surface area contributed by atoms with Gasteiger partial charge in [-0.2, -0.15) is 0 Å². The third-order valence-corrected chi connectivity index (χ3v) is 12.6. The average Bonchev–Trinajstić information content (AvgIpc) is 3.47. The van der Waals surface area contributed by atoms with Crippen LogP contribution in [0.3, 0.4) is 0 Å². The molecule has 1 amide bonds. The topological polar surface area (TPSA) is 227 Å². The first-order chi connectivity index (χ1) is 29.3. The molecule has 1 fully saturated rings. The Kier molecular flexibility index (Phi) is 11.9. The van der Waals surface area contributed by atoms with E-state index >= 15 is 0 Å². The first-order valence-corrected chi connectivity index (χ1v) is 20.7. The van der Waals surface area contributed by atoms with Crippen LogP contribution in [-0.4, -0.2) is 87.7 Å². The van der Waals surface area contributed by atoms with E-state index in [0.717, 1.165) is 19.5 Å². The van der Waals surface area contributed by atoms with Crippen molar-refractivity contribution in [2.24, 2.45) is 23.7 Å². The van der Waals surface area contributed by atoms with Crippen molar-refractivity contribution in [2.75, 3.05) is 30.4 Å². The fourth-order valence-electron chi connectivity index (χ4n) is 8.63. The van der Waals surface area contributed by atoms with Gasteiger partial charge in [-0.15, -0.1) is 0 Å². The number of aromatic nitrogens is 1. The number of amides is 1. The van der Waals surface area contributed by atoms with E-state index in [1.165, 1.54) is 59.3 Å². The fraction of sp³-hybridized carbons (Fsp3) is 0.457. The standard InChI is InChI=1S/C46H53N3O13/c1-20-12-10-13-21(2)45(57)48-36-40(55)32-31(35-43(36)61-30-19-27(49-15-11-16-49)18-28(51)34(30)47-35)33-42(25(6)39(32)54)62-46(8,44(33)56)59-17-14-29(58-9)22(3)41(60-26(7)50)24(5)38(53)23(4)37(20)52/h10,12-14,17-20,22-24,29,37-38,41,52-54,56H,11,15-16H2,1-9H3,(H,48,57)/b12-10+,17-14+,21-13-/t20-,22+,23+,24+,29-,37-,38+,41+,46-/m0/s1. The molecule has 0 aliphatic carbocycles. The smallest absolute Gasteiger partial charge is 0.307 e. The Morgan fingerprint density at radius 3 is 2.32 bits per heavy atom. The van der Waals surface area contributed by atoms with Crippen molar-refractivity contribution in [3.05, 3.63) is 79.5 Å². The third-order valence-electron chi connectivity index (χ3n) is 12.6. The fourth-order valence-corrected chi connectivity index (χ4v) is 8.63. The molecule has 62 heavy (non-hydrogen) atoms. The van der Waals surface area contributed by atoms with Crippen LogP contribution in [0.1, 0.15) is 60.5 Å². The largest absolute Gasteiger partial charge is 0.507 e. The van der Waals surface area contributed by atoms with Crippen molar-refractivity contribution in [1.29, 1.82) is 0 Å². The molecule has 0 saturated carbocycles. The van der Waals surface area contributed by atoms with Gasteiger partial charge in [0.25, 0.3) is 5.91 Å². The normalized spacial score (nSPS) is 30.4. The number of rotatable bonds is 3. The molecule has 4 heterocycles. The molecule has 16 heteroatoms. The van der Waals surface area contributed by atoms with Gasteiger partial charge in [-0.3, -0.25) is 19.2 Å². The Morgan fingerprint density at radius 1 is 0.968 bits per heavy atom. The Labute approximate surface area is 356 Å². The van der Waals surface area contributed by atoms with Crippen LogP contribution in [0, 0.1) is 30.6 Å². The van der Waals surface area contributed by atoms with Crippen LogP contribution in [0.5, 0.6) is 11.5 Å².